The van der Waals surface area contributed by atoms with Crippen LogP contribution in [-0.2, 0) is 9.84 Å². The fourth-order valence-corrected chi connectivity index (χ4v) is 5.65. The number of rotatable bonds is 6. The summed E-state index contributed by atoms with van der Waals surface area (Å²) in [6.07, 6.45) is 1.31. The van der Waals surface area contributed by atoms with Crippen molar-refractivity contribution < 1.29 is 17.9 Å². The number of aromatic nitrogens is 3. The highest BCUT2D eigenvalue weighted by Gasteiger charge is 2.32. The number of amides is 1. The summed E-state index contributed by atoms with van der Waals surface area (Å²) in [7, 11) is -1.49. The summed E-state index contributed by atoms with van der Waals surface area (Å²) >= 11 is 0. The van der Waals surface area contributed by atoms with Crippen LogP contribution < -0.4 is 10.1 Å². The first-order valence-electron chi connectivity index (χ1n) is 10.4. The molecule has 1 N–H and O–H groups in total. The molecule has 1 aromatic carbocycles. The van der Waals surface area contributed by atoms with E-state index in [4.69, 9.17) is 9.72 Å². The van der Waals surface area contributed by atoms with Crippen molar-refractivity contribution in [3.8, 4) is 17.0 Å². The van der Waals surface area contributed by atoms with E-state index in [0.29, 0.717) is 41.0 Å². The Balaban J connectivity index is 1.90. The quantitative estimate of drug-likeness (QED) is 0.630. The molecule has 1 saturated heterocycles. The third-order valence-electron chi connectivity index (χ3n) is 5.56. The van der Waals surface area contributed by atoms with E-state index in [0.717, 1.165) is 17.7 Å². The molecule has 9 heteroatoms. The zero-order chi connectivity index (χ0) is 22.2. The average molecular weight is 443 g/mol. The number of hydrogen-bond acceptors (Lipinski definition) is 6. The van der Waals surface area contributed by atoms with Gasteiger partial charge in [-0.3, -0.25) is 4.79 Å². The Morgan fingerprint density at radius 1 is 1.29 bits per heavy atom. The number of sulfone groups is 1. The van der Waals surface area contributed by atoms with Gasteiger partial charge in [-0.25, -0.2) is 18.1 Å². The second kappa shape index (κ2) is 8.30. The van der Waals surface area contributed by atoms with Crippen molar-refractivity contribution in [2.75, 3.05) is 25.2 Å². The van der Waals surface area contributed by atoms with Gasteiger partial charge in [-0.15, -0.1) is 0 Å². The highest BCUT2D eigenvalue weighted by molar-refractivity contribution is 7.91. The zero-order valence-electron chi connectivity index (χ0n) is 17.9. The summed E-state index contributed by atoms with van der Waals surface area (Å²) in [4.78, 5) is 17.8. The molecule has 0 saturated carbocycles. The third-order valence-corrected chi connectivity index (χ3v) is 7.31. The zero-order valence-corrected chi connectivity index (χ0v) is 18.7. The molecule has 0 bridgehead atoms. The Hall–Kier alpha value is -2.94. The van der Waals surface area contributed by atoms with Crippen LogP contribution in [0.15, 0.2) is 30.3 Å². The second-order valence-corrected chi connectivity index (χ2v) is 10.1. The Bertz CT molecular complexity index is 1230. The number of aryl methyl sites for hydroxylation is 1. The maximum atomic E-state index is 13.0. The molecule has 0 unspecified atom stereocenters. The molecule has 4 rings (SSSR count). The number of nitrogens with one attached hydrogen (secondary N) is 1. The van der Waals surface area contributed by atoms with Crippen LogP contribution in [0, 0.1) is 6.92 Å². The van der Waals surface area contributed by atoms with Crippen LogP contribution in [0.2, 0.25) is 0 Å². The van der Waals surface area contributed by atoms with Crippen LogP contribution >= 0.6 is 0 Å². The number of benzene rings is 1. The molecule has 2 aromatic heterocycles. The number of carbonyl (C=O) groups is 1. The largest absolute Gasteiger partial charge is 0.497 e. The van der Waals surface area contributed by atoms with Gasteiger partial charge < -0.3 is 10.1 Å². The van der Waals surface area contributed by atoms with Crippen molar-refractivity contribution in [1.82, 2.24) is 20.1 Å². The lowest BCUT2D eigenvalue weighted by molar-refractivity contribution is 0.0955. The Morgan fingerprint density at radius 2 is 2.03 bits per heavy atom. The van der Waals surface area contributed by atoms with Crippen LogP contribution in [0.25, 0.3) is 22.3 Å². The number of fused-ring (bicyclic) bond motifs is 1. The van der Waals surface area contributed by atoms with Gasteiger partial charge in [0.1, 0.15) is 5.75 Å². The van der Waals surface area contributed by atoms with Gasteiger partial charge >= 0.3 is 0 Å². The molecule has 1 aliphatic heterocycles. The smallest absolute Gasteiger partial charge is 0.252 e. The van der Waals surface area contributed by atoms with Crippen LogP contribution in [0.5, 0.6) is 5.75 Å². The molecule has 1 aliphatic rings. The summed E-state index contributed by atoms with van der Waals surface area (Å²) in [5.41, 5.74) is 3.15. The van der Waals surface area contributed by atoms with Gasteiger partial charge in [0.05, 0.1) is 47.0 Å². The molecule has 0 aliphatic carbocycles. The van der Waals surface area contributed by atoms with E-state index in [9.17, 15) is 13.2 Å². The minimum absolute atomic E-state index is 0.0367. The van der Waals surface area contributed by atoms with Crippen LogP contribution in [0.1, 0.15) is 41.9 Å². The van der Waals surface area contributed by atoms with Gasteiger partial charge in [-0.2, -0.15) is 5.10 Å². The lowest BCUT2D eigenvalue weighted by Crippen LogP contribution is -2.24. The van der Waals surface area contributed by atoms with E-state index in [2.05, 4.69) is 10.4 Å². The minimum atomic E-state index is -3.09. The first-order chi connectivity index (χ1) is 14.8. The molecule has 8 nitrogen and oxygen atoms in total. The number of carbonyl (C=O) groups excluding carboxylic acids is 1. The first kappa shape index (κ1) is 21.3. The minimum Gasteiger partial charge on any atom is -0.497 e. The molecular formula is C22H26N4O4S. The van der Waals surface area contributed by atoms with E-state index in [-0.39, 0.29) is 23.5 Å². The topological polar surface area (TPSA) is 103 Å². The van der Waals surface area contributed by atoms with E-state index in [1.54, 1.807) is 17.9 Å². The van der Waals surface area contributed by atoms with Crippen molar-refractivity contribution in [1.29, 1.82) is 0 Å². The molecule has 0 radical (unpaired) electrons. The molecule has 3 heterocycles. The Morgan fingerprint density at radius 3 is 2.65 bits per heavy atom. The maximum Gasteiger partial charge on any atom is 0.252 e. The lowest BCUT2D eigenvalue weighted by Gasteiger charge is -2.12. The number of nitrogens with zero attached hydrogens (tertiary/aromatic N) is 3. The predicted molar refractivity (Wildman–Crippen MR) is 119 cm³/mol. The molecule has 31 heavy (non-hydrogen) atoms. The van der Waals surface area contributed by atoms with Crippen molar-refractivity contribution in [2.45, 2.75) is 32.7 Å². The fourth-order valence-electron chi connectivity index (χ4n) is 3.96. The first-order valence-corrected chi connectivity index (χ1v) is 12.2. The van der Waals surface area contributed by atoms with Gasteiger partial charge in [0.2, 0.25) is 0 Å². The Labute approximate surface area is 181 Å². The third kappa shape index (κ3) is 4.14. The lowest BCUT2D eigenvalue weighted by atomic mass is 10.0. The van der Waals surface area contributed by atoms with Gasteiger partial charge in [-0.05, 0) is 50.1 Å². The highest BCUT2D eigenvalue weighted by Crippen LogP contribution is 2.32. The van der Waals surface area contributed by atoms with Gasteiger partial charge in [0.15, 0.2) is 15.5 Å². The molecule has 1 atom stereocenters. The monoisotopic (exact) mass is 442 g/mol. The number of hydrogen-bond donors (Lipinski definition) is 1. The normalized spacial score (nSPS) is 17.7. The molecule has 0 spiro atoms. The summed E-state index contributed by atoms with van der Waals surface area (Å²) in [5, 5.41) is 8.21. The molecule has 164 valence electrons. The number of methoxy groups -OCH3 is 1. The molecular weight excluding hydrogens is 416 g/mol. The van der Waals surface area contributed by atoms with E-state index in [1.165, 1.54) is 0 Å². The van der Waals surface area contributed by atoms with Crippen molar-refractivity contribution in [3.63, 3.8) is 0 Å². The van der Waals surface area contributed by atoms with Crippen LogP contribution in [0.4, 0.5) is 0 Å². The molecule has 1 fully saturated rings. The van der Waals surface area contributed by atoms with Crippen LogP contribution in [-0.4, -0.2) is 54.2 Å². The molecule has 1 amide bonds. The van der Waals surface area contributed by atoms with E-state index >= 15 is 0 Å². The SMILES string of the molecule is CCCNC(=O)c1cc(-c2ccc(OC)cc2)nc2c1c(C)nn2[C@@H]1CCS(=O)(=O)C1. The van der Waals surface area contributed by atoms with Crippen molar-refractivity contribution in [3.05, 3.63) is 41.6 Å². The summed E-state index contributed by atoms with van der Waals surface area (Å²) in [6, 6.07) is 8.93. The number of pyridine rings is 1. The van der Waals surface area contributed by atoms with Gasteiger partial charge in [-0.1, -0.05) is 6.92 Å². The van der Waals surface area contributed by atoms with Gasteiger partial charge in [0, 0.05) is 12.1 Å². The summed E-state index contributed by atoms with van der Waals surface area (Å²) in [5.74, 6) is 0.711. The summed E-state index contributed by atoms with van der Waals surface area (Å²) < 4.78 is 31.1. The van der Waals surface area contributed by atoms with Crippen molar-refractivity contribution in [2.24, 2.45) is 0 Å². The van der Waals surface area contributed by atoms with Gasteiger partial charge in [0.25, 0.3) is 5.91 Å². The van der Waals surface area contributed by atoms with E-state index in [1.807, 2.05) is 38.1 Å². The standard InChI is InChI=1S/C22H26N4O4S/c1-4-10-23-22(27)18-12-19(15-5-7-17(30-3)8-6-15)24-21-20(18)14(2)25-26(21)16-9-11-31(28,29)13-16/h5-8,12,16H,4,9-11,13H2,1-3H3,(H,23,27)/t16-/m1/s1. The second-order valence-electron chi connectivity index (χ2n) is 7.82. The maximum absolute atomic E-state index is 13.0. The van der Waals surface area contributed by atoms with Crippen LogP contribution in [0.3, 0.4) is 0 Å². The highest BCUT2D eigenvalue weighted by atomic mass is 32.2. The van der Waals surface area contributed by atoms with Crippen molar-refractivity contribution >= 4 is 26.8 Å². The summed E-state index contributed by atoms with van der Waals surface area (Å²) in [6.45, 7) is 4.39. The Kier molecular flexibility index (Phi) is 5.70. The fraction of sp³-hybridized carbons (Fsp3) is 0.409. The predicted octanol–water partition coefficient (Wildman–Crippen LogP) is 2.91. The molecule has 3 aromatic rings. The van der Waals surface area contributed by atoms with E-state index < -0.39 is 9.84 Å². The number of ether oxygens (including phenoxy) is 1. The average Bonchev–Trinajstić information content (AvgIpc) is 3.30.